The standard InChI is InChI=1S/C15H15BrN2O2/c1-20-14-5-3-2-4-11(14)9-18-15(19)10-6-7-13(17)12(16)8-10/h2-8H,9,17H2,1H3,(H,18,19). The van der Waals surface area contributed by atoms with Crippen molar-refractivity contribution >= 4 is 27.5 Å². The monoisotopic (exact) mass is 334 g/mol. The fourth-order valence-electron chi connectivity index (χ4n) is 1.79. The summed E-state index contributed by atoms with van der Waals surface area (Å²) >= 11 is 3.31. The molecule has 0 radical (unpaired) electrons. The lowest BCUT2D eigenvalue weighted by Gasteiger charge is -2.10. The number of methoxy groups -OCH3 is 1. The number of halogens is 1. The van der Waals surface area contributed by atoms with Crippen LogP contribution in [0.2, 0.25) is 0 Å². The molecule has 2 rings (SSSR count). The Bertz CT molecular complexity index is 629. The average Bonchev–Trinajstić information content (AvgIpc) is 2.47. The van der Waals surface area contributed by atoms with Crippen LogP contribution < -0.4 is 15.8 Å². The molecule has 0 unspecified atom stereocenters. The highest BCUT2D eigenvalue weighted by Crippen LogP contribution is 2.21. The molecule has 0 saturated heterocycles. The van der Waals surface area contributed by atoms with E-state index in [-0.39, 0.29) is 5.91 Å². The summed E-state index contributed by atoms with van der Waals surface area (Å²) < 4.78 is 5.95. The maximum atomic E-state index is 12.1. The first-order valence-electron chi connectivity index (χ1n) is 6.07. The SMILES string of the molecule is COc1ccccc1CNC(=O)c1ccc(N)c(Br)c1. The van der Waals surface area contributed by atoms with E-state index in [1.807, 2.05) is 24.3 Å². The fraction of sp³-hybridized carbons (Fsp3) is 0.133. The highest BCUT2D eigenvalue weighted by Gasteiger charge is 2.08. The van der Waals surface area contributed by atoms with Crippen molar-refractivity contribution < 1.29 is 9.53 Å². The van der Waals surface area contributed by atoms with Gasteiger partial charge in [-0.1, -0.05) is 18.2 Å². The highest BCUT2D eigenvalue weighted by atomic mass is 79.9. The zero-order valence-electron chi connectivity index (χ0n) is 11.0. The fourth-order valence-corrected chi connectivity index (χ4v) is 2.17. The smallest absolute Gasteiger partial charge is 0.251 e. The van der Waals surface area contributed by atoms with Crippen molar-refractivity contribution in [3.8, 4) is 5.75 Å². The van der Waals surface area contributed by atoms with Gasteiger partial charge in [0.2, 0.25) is 0 Å². The Morgan fingerprint density at radius 2 is 2.05 bits per heavy atom. The summed E-state index contributed by atoms with van der Waals surface area (Å²) in [7, 11) is 1.61. The van der Waals surface area contributed by atoms with Crippen LogP contribution in [0.15, 0.2) is 46.9 Å². The molecule has 20 heavy (non-hydrogen) atoms. The lowest BCUT2D eigenvalue weighted by atomic mass is 10.1. The number of ether oxygens (including phenoxy) is 1. The van der Waals surface area contributed by atoms with Crippen molar-refractivity contribution in [3.63, 3.8) is 0 Å². The van der Waals surface area contributed by atoms with E-state index in [0.717, 1.165) is 11.3 Å². The number of nitrogens with one attached hydrogen (secondary N) is 1. The third-order valence-corrected chi connectivity index (χ3v) is 3.58. The molecule has 1 amide bonds. The van der Waals surface area contributed by atoms with Gasteiger partial charge in [0.05, 0.1) is 7.11 Å². The summed E-state index contributed by atoms with van der Waals surface area (Å²) in [5.41, 5.74) is 7.78. The summed E-state index contributed by atoms with van der Waals surface area (Å²) in [6, 6.07) is 12.7. The summed E-state index contributed by atoms with van der Waals surface area (Å²) in [5, 5.41) is 2.86. The largest absolute Gasteiger partial charge is 0.496 e. The minimum absolute atomic E-state index is 0.156. The molecule has 0 spiro atoms. The minimum atomic E-state index is -0.156. The van der Waals surface area contributed by atoms with Crippen LogP contribution in [0.4, 0.5) is 5.69 Å². The third-order valence-electron chi connectivity index (χ3n) is 2.89. The normalized spacial score (nSPS) is 10.1. The predicted molar refractivity (Wildman–Crippen MR) is 82.7 cm³/mol. The number of carbonyl (C=O) groups excluding carboxylic acids is 1. The molecule has 0 heterocycles. The van der Waals surface area contributed by atoms with Crippen molar-refractivity contribution in [2.24, 2.45) is 0 Å². The van der Waals surface area contributed by atoms with E-state index in [9.17, 15) is 4.79 Å². The number of hydrogen-bond donors (Lipinski definition) is 2. The molecule has 0 aromatic heterocycles. The number of rotatable bonds is 4. The number of carbonyl (C=O) groups is 1. The number of anilines is 1. The molecule has 0 aliphatic heterocycles. The second kappa shape index (κ2) is 6.43. The van der Waals surface area contributed by atoms with Gasteiger partial charge in [0, 0.05) is 27.8 Å². The Morgan fingerprint density at radius 3 is 2.75 bits per heavy atom. The van der Waals surface area contributed by atoms with Gasteiger partial charge in [-0.05, 0) is 40.2 Å². The first kappa shape index (κ1) is 14.4. The molecular weight excluding hydrogens is 320 g/mol. The number of benzene rings is 2. The summed E-state index contributed by atoms with van der Waals surface area (Å²) in [6.07, 6.45) is 0. The van der Waals surface area contributed by atoms with Gasteiger partial charge in [-0.25, -0.2) is 0 Å². The molecule has 2 aromatic carbocycles. The topological polar surface area (TPSA) is 64.3 Å². The van der Waals surface area contributed by atoms with Gasteiger partial charge in [0.15, 0.2) is 0 Å². The maximum Gasteiger partial charge on any atom is 0.251 e. The van der Waals surface area contributed by atoms with E-state index in [1.165, 1.54) is 0 Å². The van der Waals surface area contributed by atoms with Crippen LogP contribution in [0.1, 0.15) is 15.9 Å². The van der Waals surface area contributed by atoms with Gasteiger partial charge in [-0.3, -0.25) is 4.79 Å². The van der Waals surface area contributed by atoms with E-state index < -0.39 is 0 Å². The minimum Gasteiger partial charge on any atom is -0.496 e. The summed E-state index contributed by atoms with van der Waals surface area (Å²) in [4.78, 5) is 12.1. The Balaban J connectivity index is 2.06. The van der Waals surface area contributed by atoms with Gasteiger partial charge < -0.3 is 15.8 Å². The van der Waals surface area contributed by atoms with E-state index in [0.29, 0.717) is 22.3 Å². The Kier molecular flexibility index (Phi) is 4.63. The van der Waals surface area contributed by atoms with Crippen LogP contribution in [-0.2, 0) is 6.54 Å². The molecule has 0 aliphatic rings. The van der Waals surface area contributed by atoms with Crippen LogP contribution in [0.5, 0.6) is 5.75 Å². The number of para-hydroxylation sites is 1. The molecule has 4 nitrogen and oxygen atoms in total. The van der Waals surface area contributed by atoms with Crippen LogP contribution in [0, 0.1) is 0 Å². The van der Waals surface area contributed by atoms with Crippen molar-refractivity contribution in [2.45, 2.75) is 6.54 Å². The molecule has 5 heteroatoms. The molecule has 0 saturated carbocycles. The quantitative estimate of drug-likeness (QED) is 0.845. The van der Waals surface area contributed by atoms with E-state index >= 15 is 0 Å². The Morgan fingerprint density at radius 1 is 1.30 bits per heavy atom. The molecule has 0 bridgehead atoms. The highest BCUT2D eigenvalue weighted by molar-refractivity contribution is 9.10. The first-order chi connectivity index (χ1) is 9.61. The van der Waals surface area contributed by atoms with Gasteiger partial charge in [-0.15, -0.1) is 0 Å². The van der Waals surface area contributed by atoms with Crippen molar-refractivity contribution in [1.82, 2.24) is 5.32 Å². The van der Waals surface area contributed by atoms with Crippen LogP contribution in [-0.4, -0.2) is 13.0 Å². The molecule has 2 aromatic rings. The molecular formula is C15H15BrN2O2. The van der Waals surface area contributed by atoms with E-state index in [1.54, 1.807) is 25.3 Å². The number of nitrogens with two attached hydrogens (primary N) is 1. The zero-order chi connectivity index (χ0) is 14.5. The number of hydrogen-bond acceptors (Lipinski definition) is 3. The van der Waals surface area contributed by atoms with Gasteiger partial charge in [0.1, 0.15) is 5.75 Å². The molecule has 0 aliphatic carbocycles. The van der Waals surface area contributed by atoms with Gasteiger partial charge >= 0.3 is 0 Å². The van der Waals surface area contributed by atoms with Crippen LogP contribution >= 0.6 is 15.9 Å². The summed E-state index contributed by atoms with van der Waals surface area (Å²) in [5.74, 6) is 0.600. The molecule has 0 fully saturated rings. The molecule has 3 N–H and O–H groups in total. The predicted octanol–water partition coefficient (Wildman–Crippen LogP) is 2.97. The second-order valence-corrected chi connectivity index (χ2v) is 5.09. The van der Waals surface area contributed by atoms with E-state index in [4.69, 9.17) is 10.5 Å². The second-order valence-electron chi connectivity index (χ2n) is 4.23. The average molecular weight is 335 g/mol. The van der Waals surface area contributed by atoms with E-state index in [2.05, 4.69) is 21.2 Å². The maximum absolute atomic E-state index is 12.1. The van der Waals surface area contributed by atoms with Crippen molar-refractivity contribution in [2.75, 3.05) is 12.8 Å². The van der Waals surface area contributed by atoms with Crippen LogP contribution in [0.3, 0.4) is 0 Å². The molecule has 104 valence electrons. The Labute approximate surface area is 126 Å². The lowest BCUT2D eigenvalue weighted by molar-refractivity contribution is 0.0950. The first-order valence-corrected chi connectivity index (χ1v) is 6.86. The van der Waals surface area contributed by atoms with Crippen molar-refractivity contribution in [1.29, 1.82) is 0 Å². The third kappa shape index (κ3) is 3.30. The lowest BCUT2D eigenvalue weighted by Crippen LogP contribution is -2.23. The summed E-state index contributed by atoms with van der Waals surface area (Å²) in [6.45, 7) is 0.408. The van der Waals surface area contributed by atoms with Gasteiger partial charge in [0.25, 0.3) is 5.91 Å². The van der Waals surface area contributed by atoms with Crippen LogP contribution in [0.25, 0.3) is 0 Å². The number of nitrogen functional groups attached to an aromatic ring is 1. The van der Waals surface area contributed by atoms with Crippen molar-refractivity contribution in [3.05, 3.63) is 58.1 Å². The number of amides is 1. The van der Waals surface area contributed by atoms with Gasteiger partial charge in [-0.2, -0.15) is 0 Å². The zero-order valence-corrected chi connectivity index (χ0v) is 12.6. The molecule has 0 atom stereocenters. The Hall–Kier alpha value is -2.01.